The van der Waals surface area contributed by atoms with Crippen LogP contribution in [0.4, 0.5) is 16.4 Å². The van der Waals surface area contributed by atoms with Gasteiger partial charge in [-0.3, -0.25) is 5.32 Å². The first-order valence-corrected chi connectivity index (χ1v) is 5.35. The van der Waals surface area contributed by atoms with Crippen molar-refractivity contribution in [2.75, 3.05) is 17.7 Å². The zero-order valence-corrected chi connectivity index (χ0v) is 10.2. The van der Waals surface area contributed by atoms with Gasteiger partial charge in [0.25, 0.3) is 0 Å². The average molecular weight is 268 g/mol. The molecule has 1 heterocycles. The quantitative estimate of drug-likeness (QED) is 0.794. The van der Waals surface area contributed by atoms with Crippen LogP contribution in [0, 0.1) is 0 Å². The first-order chi connectivity index (χ1) is 8.67. The Labute approximate surface area is 108 Å². The molecule has 2 rings (SSSR count). The third kappa shape index (κ3) is 3.11. The molecule has 0 aliphatic rings. The Kier molecular flexibility index (Phi) is 3.63. The molecule has 7 nitrogen and oxygen atoms in total. The minimum absolute atomic E-state index is 0.150. The van der Waals surface area contributed by atoms with E-state index < -0.39 is 6.03 Å². The number of amides is 2. The molecule has 0 spiro atoms. The van der Waals surface area contributed by atoms with Crippen molar-refractivity contribution >= 4 is 29.3 Å². The van der Waals surface area contributed by atoms with E-state index in [1.54, 1.807) is 24.3 Å². The zero-order valence-electron chi connectivity index (χ0n) is 9.40. The molecule has 1 aromatic heterocycles. The third-order valence-electron chi connectivity index (χ3n) is 1.98. The molecule has 0 atom stereocenters. The zero-order chi connectivity index (χ0) is 13.0. The molecule has 94 valence electrons. The van der Waals surface area contributed by atoms with Crippen LogP contribution in [0.25, 0.3) is 0 Å². The summed E-state index contributed by atoms with van der Waals surface area (Å²) in [6, 6.07) is 6.42. The highest BCUT2D eigenvalue weighted by atomic mass is 35.5. The van der Waals surface area contributed by atoms with Crippen LogP contribution < -0.4 is 15.4 Å². The molecule has 0 saturated carbocycles. The van der Waals surface area contributed by atoms with Crippen LogP contribution in [0.5, 0.6) is 6.01 Å². The Morgan fingerprint density at radius 1 is 1.33 bits per heavy atom. The molecule has 0 saturated heterocycles. The van der Waals surface area contributed by atoms with E-state index in [9.17, 15) is 4.79 Å². The smallest absolute Gasteiger partial charge is 0.336 e. The van der Waals surface area contributed by atoms with Gasteiger partial charge in [0.2, 0.25) is 5.95 Å². The van der Waals surface area contributed by atoms with E-state index in [2.05, 4.69) is 25.8 Å². The van der Waals surface area contributed by atoms with Crippen molar-refractivity contribution in [3.63, 3.8) is 0 Å². The molecule has 0 unspecified atom stereocenters. The number of benzene rings is 1. The van der Waals surface area contributed by atoms with Gasteiger partial charge >= 0.3 is 12.0 Å². The summed E-state index contributed by atoms with van der Waals surface area (Å²) in [4.78, 5) is 15.4. The number of urea groups is 1. The molecule has 0 aliphatic carbocycles. The van der Waals surface area contributed by atoms with Crippen LogP contribution in [0.15, 0.2) is 24.3 Å². The van der Waals surface area contributed by atoms with E-state index in [0.29, 0.717) is 10.7 Å². The van der Waals surface area contributed by atoms with Crippen LogP contribution in [-0.2, 0) is 0 Å². The van der Waals surface area contributed by atoms with Crippen LogP contribution >= 0.6 is 11.6 Å². The molecule has 3 N–H and O–H groups in total. The number of ether oxygens (including phenoxy) is 1. The van der Waals surface area contributed by atoms with E-state index in [1.807, 2.05) is 0 Å². The lowest BCUT2D eigenvalue weighted by Gasteiger charge is -2.04. The summed E-state index contributed by atoms with van der Waals surface area (Å²) in [5.74, 6) is 0.193. The fourth-order valence-corrected chi connectivity index (χ4v) is 1.32. The van der Waals surface area contributed by atoms with Crippen molar-refractivity contribution in [3.8, 4) is 6.01 Å². The Hall–Kier alpha value is -2.28. The maximum atomic E-state index is 11.6. The number of hydrogen-bond acceptors (Lipinski definition) is 4. The maximum Gasteiger partial charge on any atom is 0.336 e. The first kappa shape index (κ1) is 12.2. The van der Waals surface area contributed by atoms with Gasteiger partial charge in [0, 0.05) is 10.7 Å². The number of nitrogens with one attached hydrogen (secondary N) is 3. The Morgan fingerprint density at radius 3 is 2.67 bits per heavy atom. The molecular formula is C10H10ClN5O2. The molecule has 8 heteroatoms. The standard InChI is InChI=1S/C10H10ClN5O2/c1-18-10-14-8(15-16-10)13-9(17)12-7-4-2-6(11)3-5-7/h2-5H,1H3,(H3,12,13,14,15,16,17). The molecular weight excluding hydrogens is 258 g/mol. The predicted molar refractivity (Wildman–Crippen MR) is 67.0 cm³/mol. The van der Waals surface area contributed by atoms with Crippen molar-refractivity contribution in [2.24, 2.45) is 0 Å². The highest BCUT2D eigenvalue weighted by molar-refractivity contribution is 6.30. The Bertz CT molecular complexity index is 539. The number of anilines is 2. The number of rotatable bonds is 3. The topological polar surface area (TPSA) is 91.9 Å². The van der Waals surface area contributed by atoms with Gasteiger partial charge < -0.3 is 10.1 Å². The number of aromatic amines is 1. The minimum atomic E-state index is -0.448. The number of carbonyl (C=O) groups is 1. The number of halogens is 1. The highest BCUT2D eigenvalue weighted by Gasteiger charge is 2.07. The molecule has 2 aromatic rings. The monoisotopic (exact) mass is 267 g/mol. The average Bonchev–Trinajstić information content (AvgIpc) is 2.79. The van der Waals surface area contributed by atoms with Gasteiger partial charge in [0.1, 0.15) is 0 Å². The van der Waals surface area contributed by atoms with Crippen molar-refractivity contribution in [1.29, 1.82) is 0 Å². The molecule has 2 amide bonds. The van der Waals surface area contributed by atoms with Gasteiger partial charge in [0.15, 0.2) is 0 Å². The van der Waals surface area contributed by atoms with Crippen LogP contribution in [0.2, 0.25) is 5.02 Å². The fourth-order valence-electron chi connectivity index (χ4n) is 1.20. The second kappa shape index (κ2) is 5.37. The minimum Gasteiger partial charge on any atom is -0.466 e. The van der Waals surface area contributed by atoms with Crippen LogP contribution in [0.1, 0.15) is 0 Å². The Morgan fingerprint density at radius 2 is 2.06 bits per heavy atom. The number of hydrogen-bond donors (Lipinski definition) is 3. The number of nitrogens with zero attached hydrogens (tertiary/aromatic N) is 2. The normalized spacial score (nSPS) is 9.89. The van der Waals surface area contributed by atoms with Gasteiger partial charge in [-0.25, -0.2) is 9.89 Å². The predicted octanol–water partition coefficient (Wildman–Crippen LogP) is 2.11. The number of carbonyl (C=O) groups excluding carboxylic acids is 1. The SMILES string of the molecule is COc1n[nH]c(NC(=O)Nc2ccc(Cl)cc2)n1. The molecule has 0 aliphatic heterocycles. The van der Waals surface area contributed by atoms with Gasteiger partial charge in [-0.05, 0) is 24.3 Å². The van der Waals surface area contributed by atoms with Crippen molar-refractivity contribution in [3.05, 3.63) is 29.3 Å². The summed E-state index contributed by atoms with van der Waals surface area (Å²) in [7, 11) is 1.43. The second-order valence-electron chi connectivity index (χ2n) is 3.26. The van der Waals surface area contributed by atoms with Crippen molar-refractivity contribution < 1.29 is 9.53 Å². The summed E-state index contributed by atoms with van der Waals surface area (Å²) in [6.45, 7) is 0. The number of methoxy groups -OCH3 is 1. The molecule has 18 heavy (non-hydrogen) atoms. The molecule has 0 bridgehead atoms. The van der Waals surface area contributed by atoms with Gasteiger partial charge in [-0.2, -0.15) is 4.98 Å². The van der Waals surface area contributed by atoms with Gasteiger partial charge in [-0.15, -0.1) is 5.10 Å². The number of H-pyrrole nitrogens is 1. The Balaban J connectivity index is 1.94. The number of aromatic nitrogens is 3. The lowest BCUT2D eigenvalue weighted by atomic mass is 10.3. The van der Waals surface area contributed by atoms with Gasteiger partial charge in [0.05, 0.1) is 7.11 Å². The lowest BCUT2D eigenvalue weighted by Crippen LogP contribution is -2.20. The molecule has 0 fully saturated rings. The second-order valence-corrected chi connectivity index (χ2v) is 3.69. The molecule has 0 radical (unpaired) electrons. The van der Waals surface area contributed by atoms with E-state index in [4.69, 9.17) is 16.3 Å². The largest absolute Gasteiger partial charge is 0.466 e. The van der Waals surface area contributed by atoms with Crippen LogP contribution in [-0.4, -0.2) is 28.3 Å². The van der Waals surface area contributed by atoms with E-state index in [0.717, 1.165) is 0 Å². The fraction of sp³-hybridized carbons (Fsp3) is 0.100. The lowest BCUT2D eigenvalue weighted by molar-refractivity contribution is 0.262. The summed E-state index contributed by atoms with van der Waals surface area (Å²) in [5, 5.41) is 11.9. The van der Waals surface area contributed by atoms with E-state index in [-0.39, 0.29) is 12.0 Å². The maximum absolute atomic E-state index is 11.6. The first-order valence-electron chi connectivity index (χ1n) is 4.97. The summed E-state index contributed by atoms with van der Waals surface area (Å²) < 4.78 is 4.77. The molecule has 1 aromatic carbocycles. The van der Waals surface area contributed by atoms with E-state index >= 15 is 0 Å². The van der Waals surface area contributed by atoms with Crippen molar-refractivity contribution in [1.82, 2.24) is 15.2 Å². The van der Waals surface area contributed by atoms with Gasteiger partial charge in [-0.1, -0.05) is 11.6 Å². The summed E-state index contributed by atoms with van der Waals surface area (Å²) in [6.07, 6.45) is 0. The van der Waals surface area contributed by atoms with E-state index in [1.165, 1.54) is 7.11 Å². The van der Waals surface area contributed by atoms with Crippen molar-refractivity contribution in [2.45, 2.75) is 0 Å². The highest BCUT2D eigenvalue weighted by Crippen LogP contribution is 2.13. The summed E-state index contributed by atoms with van der Waals surface area (Å²) in [5.41, 5.74) is 0.614. The third-order valence-corrected chi connectivity index (χ3v) is 2.23. The summed E-state index contributed by atoms with van der Waals surface area (Å²) >= 11 is 5.73. The van der Waals surface area contributed by atoms with Crippen LogP contribution in [0.3, 0.4) is 0 Å².